The van der Waals surface area contributed by atoms with E-state index in [0.29, 0.717) is 11.6 Å². The summed E-state index contributed by atoms with van der Waals surface area (Å²) >= 11 is 0. The SMILES string of the molecule is CC(Nc1nccc(N(C(=O)Nc2ccccc2F)c2ccc(F)cc2)n1)c1ccccc1. The van der Waals surface area contributed by atoms with E-state index in [-0.39, 0.29) is 17.5 Å². The molecule has 166 valence electrons. The summed E-state index contributed by atoms with van der Waals surface area (Å²) in [5, 5.41) is 5.76. The highest BCUT2D eigenvalue weighted by atomic mass is 19.1. The van der Waals surface area contributed by atoms with Gasteiger partial charge in [-0.1, -0.05) is 42.5 Å². The van der Waals surface area contributed by atoms with Crippen LogP contribution in [0, 0.1) is 11.6 Å². The Bertz CT molecular complexity index is 1240. The van der Waals surface area contributed by atoms with Crippen molar-refractivity contribution in [3.8, 4) is 0 Å². The lowest BCUT2D eigenvalue weighted by Gasteiger charge is -2.23. The van der Waals surface area contributed by atoms with Crippen molar-refractivity contribution in [2.45, 2.75) is 13.0 Å². The Morgan fingerprint density at radius 2 is 1.61 bits per heavy atom. The fourth-order valence-corrected chi connectivity index (χ4v) is 3.24. The molecule has 1 heterocycles. The second-order valence-corrected chi connectivity index (χ2v) is 7.24. The van der Waals surface area contributed by atoms with E-state index in [1.165, 1.54) is 53.6 Å². The number of carbonyl (C=O) groups is 1. The maximum atomic E-state index is 14.1. The molecule has 0 aliphatic heterocycles. The van der Waals surface area contributed by atoms with Gasteiger partial charge in [0.1, 0.15) is 17.5 Å². The average molecular weight is 445 g/mol. The van der Waals surface area contributed by atoms with E-state index in [1.807, 2.05) is 37.3 Å². The van der Waals surface area contributed by atoms with Gasteiger partial charge < -0.3 is 10.6 Å². The molecule has 33 heavy (non-hydrogen) atoms. The highest BCUT2D eigenvalue weighted by Gasteiger charge is 2.22. The minimum Gasteiger partial charge on any atom is -0.348 e. The average Bonchev–Trinajstić information content (AvgIpc) is 2.83. The van der Waals surface area contributed by atoms with Gasteiger partial charge in [0.2, 0.25) is 5.95 Å². The van der Waals surface area contributed by atoms with Crippen molar-refractivity contribution < 1.29 is 13.6 Å². The molecule has 0 saturated carbocycles. The van der Waals surface area contributed by atoms with Gasteiger partial charge >= 0.3 is 6.03 Å². The van der Waals surface area contributed by atoms with Gasteiger partial charge in [-0.3, -0.25) is 0 Å². The first-order valence-electron chi connectivity index (χ1n) is 10.3. The number of urea groups is 1. The summed E-state index contributed by atoms with van der Waals surface area (Å²) in [6.45, 7) is 1.97. The Kier molecular flexibility index (Phi) is 6.54. The van der Waals surface area contributed by atoms with Crippen LogP contribution in [0.4, 0.5) is 36.7 Å². The molecule has 0 bridgehead atoms. The highest BCUT2D eigenvalue weighted by Crippen LogP contribution is 2.27. The zero-order valence-corrected chi connectivity index (χ0v) is 17.7. The van der Waals surface area contributed by atoms with Crippen LogP contribution in [-0.4, -0.2) is 16.0 Å². The molecular weight excluding hydrogens is 424 g/mol. The minimum absolute atomic E-state index is 0.0136. The first-order valence-corrected chi connectivity index (χ1v) is 10.3. The number of carbonyl (C=O) groups excluding carboxylic acids is 1. The first-order chi connectivity index (χ1) is 16.0. The van der Waals surface area contributed by atoms with Crippen LogP contribution in [-0.2, 0) is 0 Å². The van der Waals surface area contributed by atoms with Crippen LogP contribution in [0.15, 0.2) is 91.1 Å². The molecule has 4 rings (SSSR count). The number of halogens is 2. The number of benzene rings is 3. The third-order valence-electron chi connectivity index (χ3n) is 4.92. The Morgan fingerprint density at radius 1 is 0.909 bits per heavy atom. The van der Waals surface area contributed by atoms with Crippen LogP contribution in [0.1, 0.15) is 18.5 Å². The normalized spacial score (nSPS) is 11.5. The molecule has 2 N–H and O–H groups in total. The Morgan fingerprint density at radius 3 is 2.33 bits per heavy atom. The predicted octanol–water partition coefficient (Wildman–Crippen LogP) is 6.30. The molecule has 2 amide bonds. The van der Waals surface area contributed by atoms with Crippen LogP contribution >= 0.6 is 0 Å². The van der Waals surface area contributed by atoms with Crippen molar-refractivity contribution in [2.75, 3.05) is 15.5 Å². The topological polar surface area (TPSA) is 70.2 Å². The lowest BCUT2D eigenvalue weighted by atomic mass is 10.1. The summed E-state index contributed by atoms with van der Waals surface area (Å²) in [7, 11) is 0. The van der Waals surface area contributed by atoms with Crippen molar-refractivity contribution >= 4 is 29.2 Å². The number of nitrogens with one attached hydrogen (secondary N) is 2. The van der Waals surface area contributed by atoms with Gasteiger partial charge in [0, 0.05) is 12.3 Å². The van der Waals surface area contributed by atoms with E-state index in [0.717, 1.165) is 5.56 Å². The highest BCUT2D eigenvalue weighted by molar-refractivity contribution is 6.06. The van der Waals surface area contributed by atoms with Crippen LogP contribution in [0.5, 0.6) is 0 Å². The van der Waals surface area contributed by atoms with Gasteiger partial charge in [-0.25, -0.2) is 23.5 Å². The van der Waals surface area contributed by atoms with Gasteiger partial charge in [0.15, 0.2) is 0 Å². The lowest BCUT2D eigenvalue weighted by molar-refractivity contribution is 0.258. The van der Waals surface area contributed by atoms with Crippen molar-refractivity contribution in [1.29, 1.82) is 0 Å². The molecule has 1 unspecified atom stereocenters. The van der Waals surface area contributed by atoms with Gasteiger partial charge in [-0.2, -0.15) is 4.98 Å². The standard InChI is InChI=1S/C25H21F2N5O/c1-17(18-7-3-2-4-8-18)29-24-28-16-15-23(31-24)32(20-13-11-19(26)12-14-20)25(33)30-22-10-6-5-9-21(22)27/h2-17H,1H3,(H,30,33)(H,28,29,31). The summed E-state index contributed by atoms with van der Waals surface area (Å²) in [6.07, 6.45) is 1.51. The molecule has 6 nitrogen and oxygen atoms in total. The maximum Gasteiger partial charge on any atom is 0.332 e. The third-order valence-corrected chi connectivity index (χ3v) is 4.92. The monoisotopic (exact) mass is 445 g/mol. The molecule has 1 atom stereocenters. The zero-order chi connectivity index (χ0) is 23.2. The zero-order valence-electron chi connectivity index (χ0n) is 17.7. The fraction of sp³-hybridized carbons (Fsp3) is 0.0800. The van der Waals surface area contributed by atoms with E-state index in [4.69, 9.17) is 0 Å². The molecule has 3 aromatic carbocycles. The lowest BCUT2D eigenvalue weighted by Crippen LogP contribution is -2.32. The number of para-hydroxylation sites is 1. The van der Waals surface area contributed by atoms with E-state index in [9.17, 15) is 13.6 Å². The Balaban J connectivity index is 1.65. The molecule has 0 fully saturated rings. The summed E-state index contributed by atoms with van der Waals surface area (Å²) in [5.74, 6) is -0.496. The number of hydrogen-bond donors (Lipinski definition) is 2. The summed E-state index contributed by atoms with van der Waals surface area (Å²) in [5.41, 5.74) is 1.41. The van der Waals surface area contributed by atoms with Gasteiger partial charge in [-0.15, -0.1) is 0 Å². The minimum atomic E-state index is -0.660. The molecule has 8 heteroatoms. The Hall–Kier alpha value is -4.33. The van der Waals surface area contributed by atoms with E-state index >= 15 is 0 Å². The van der Waals surface area contributed by atoms with Crippen molar-refractivity contribution in [2.24, 2.45) is 0 Å². The molecule has 4 aromatic rings. The quantitative estimate of drug-likeness (QED) is 0.366. The van der Waals surface area contributed by atoms with Gasteiger partial charge in [0.25, 0.3) is 0 Å². The second-order valence-electron chi connectivity index (χ2n) is 7.24. The van der Waals surface area contributed by atoms with Crippen LogP contribution in [0.3, 0.4) is 0 Å². The molecule has 1 aromatic heterocycles. The second kappa shape index (κ2) is 9.86. The smallest absolute Gasteiger partial charge is 0.332 e. The van der Waals surface area contributed by atoms with E-state index in [2.05, 4.69) is 20.6 Å². The van der Waals surface area contributed by atoms with Crippen molar-refractivity contribution in [3.63, 3.8) is 0 Å². The predicted molar refractivity (Wildman–Crippen MR) is 124 cm³/mol. The number of hydrogen-bond acceptors (Lipinski definition) is 4. The largest absolute Gasteiger partial charge is 0.348 e. The molecule has 0 spiro atoms. The Labute approximate surface area is 189 Å². The van der Waals surface area contributed by atoms with Crippen LogP contribution in [0.2, 0.25) is 0 Å². The molecular formula is C25H21F2N5O. The van der Waals surface area contributed by atoms with Crippen LogP contribution < -0.4 is 15.5 Å². The van der Waals surface area contributed by atoms with E-state index < -0.39 is 17.7 Å². The van der Waals surface area contributed by atoms with E-state index in [1.54, 1.807) is 12.1 Å². The molecule has 0 radical (unpaired) electrons. The number of amides is 2. The molecule has 0 aliphatic rings. The summed E-state index contributed by atoms with van der Waals surface area (Å²) in [6, 6.07) is 21.7. The van der Waals surface area contributed by atoms with Crippen LogP contribution in [0.25, 0.3) is 0 Å². The number of rotatable bonds is 6. The first kappa shape index (κ1) is 21.9. The number of aromatic nitrogens is 2. The number of anilines is 4. The summed E-state index contributed by atoms with van der Waals surface area (Å²) < 4.78 is 27.6. The fourth-order valence-electron chi connectivity index (χ4n) is 3.24. The molecule has 0 saturated heterocycles. The van der Waals surface area contributed by atoms with Gasteiger partial charge in [0.05, 0.1) is 17.4 Å². The van der Waals surface area contributed by atoms with Crippen molar-refractivity contribution in [3.05, 3.63) is 108 Å². The maximum absolute atomic E-state index is 14.1. The van der Waals surface area contributed by atoms with Crippen molar-refractivity contribution in [1.82, 2.24) is 9.97 Å². The third kappa shape index (κ3) is 5.30. The summed E-state index contributed by atoms with van der Waals surface area (Å²) in [4.78, 5) is 23.1. The number of nitrogens with zero attached hydrogens (tertiary/aromatic N) is 3. The van der Waals surface area contributed by atoms with Gasteiger partial charge in [-0.05, 0) is 48.9 Å². The molecule has 0 aliphatic carbocycles.